The predicted molar refractivity (Wildman–Crippen MR) is 270 cm³/mol. The molecule has 0 aliphatic carbocycles. The number of fused-ring (bicyclic) bond motifs is 2. The zero-order chi connectivity index (χ0) is 49.8. The van der Waals surface area contributed by atoms with Crippen molar-refractivity contribution in [2.24, 2.45) is 20.5 Å². The molecule has 0 unspecified atom stereocenters. The predicted octanol–water partition coefficient (Wildman–Crippen LogP) is 9.71. The van der Waals surface area contributed by atoms with Gasteiger partial charge in [-0.1, -0.05) is 34.4 Å². The van der Waals surface area contributed by atoms with Gasteiger partial charge >= 0.3 is 20.2 Å². The Hall–Kier alpha value is -5.29. The number of methoxy groups -OCH3 is 2. The zero-order valence-electron chi connectivity index (χ0n) is 37.0. The van der Waals surface area contributed by atoms with Crippen molar-refractivity contribution in [2.75, 3.05) is 72.3 Å². The highest BCUT2D eigenvalue weighted by molar-refractivity contribution is 8.00. The lowest BCUT2D eigenvalue weighted by Gasteiger charge is -2.22. The van der Waals surface area contributed by atoms with Crippen LogP contribution in [0.1, 0.15) is 27.7 Å². The van der Waals surface area contributed by atoms with E-state index in [1.165, 1.54) is 14.2 Å². The monoisotopic (exact) mass is 1100 g/mol. The van der Waals surface area contributed by atoms with E-state index in [2.05, 4.69) is 64.6 Å². The molecule has 0 saturated carbocycles. The molecule has 0 amide bonds. The van der Waals surface area contributed by atoms with Gasteiger partial charge in [-0.3, -0.25) is 13.7 Å². The summed E-state index contributed by atoms with van der Waals surface area (Å²) in [6.07, 6.45) is 0. The van der Waals surface area contributed by atoms with Crippen LogP contribution < -0.4 is 29.9 Å². The molecular weight excluding hydrogens is 1060 g/mol. The summed E-state index contributed by atoms with van der Waals surface area (Å²) in [6, 6.07) is 10.7. The third-order valence-corrected chi connectivity index (χ3v) is 18.1. The van der Waals surface area contributed by atoms with E-state index in [4.69, 9.17) is 9.47 Å². The van der Waals surface area contributed by atoms with Gasteiger partial charge in [-0.05, 0) is 87.2 Å². The molecule has 0 radical (unpaired) electrons. The number of benzene rings is 2. The molecule has 0 aliphatic rings. The SMILES string of the molecule is CCN(CC)c1ccc(N=Nc2snc3sc(S(=O)(=O)O)c(OC)c23)c(Nc2nc(Nc3cc(N(CC)CC)ccc3N=Nc3snc4sc(S(=O)(=O)O)c(OC)c34)nc(SCCS(=O)(=O)O)n2)c1. The van der Waals surface area contributed by atoms with E-state index in [1.807, 2.05) is 39.8 Å². The van der Waals surface area contributed by atoms with Crippen LogP contribution in [0.5, 0.6) is 11.5 Å². The molecule has 0 atom stereocenters. The molecule has 32 heteroatoms. The first-order valence-electron chi connectivity index (χ1n) is 20.2. The Morgan fingerprint density at radius 2 is 1.06 bits per heavy atom. The van der Waals surface area contributed by atoms with Gasteiger partial charge in [-0.25, -0.2) is 0 Å². The number of thioether (sulfide) groups is 1. The third kappa shape index (κ3) is 11.8. The van der Waals surface area contributed by atoms with E-state index in [9.17, 15) is 38.9 Å². The van der Waals surface area contributed by atoms with Crippen LogP contribution in [0.3, 0.4) is 0 Å². The zero-order valence-corrected chi connectivity index (χ0v) is 43.5. The van der Waals surface area contributed by atoms with Crippen molar-refractivity contribution >= 4 is 164 Å². The summed E-state index contributed by atoms with van der Waals surface area (Å²) >= 11 is 4.27. The van der Waals surface area contributed by atoms with Gasteiger partial charge in [0, 0.05) is 43.3 Å². The normalized spacial score (nSPS) is 12.5. The summed E-state index contributed by atoms with van der Waals surface area (Å²) in [4.78, 5) is 18.5. The van der Waals surface area contributed by atoms with Gasteiger partial charge in [0.1, 0.15) is 21.0 Å². The Kier molecular flexibility index (Phi) is 16.0. The molecule has 24 nitrogen and oxygen atoms in total. The van der Waals surface area contributed by atoms with Crippen molar-refractivity contribution in [3.05, 3.63) is 36.4 Å². The maximum absolute atomic E-state index is 12.1. The molecule has 0 spiro atoms. The molecule has 5 aromatic heterocycles. The van der Waals surface area contributed by atoms with Gasteiger partial charge in [0.15, 0.2) is 35.1 Å². The van der Waals surface area contributed by atoms with E-state index in [1.54, 1.807) is 24.3 Å². The largest absolute Gasteiger partial charge is 0.494 e. The van der Waals surface area contributed by atoms with Crippen LogP contribution >= 0.6 is 57.5 Å². The number of azo groups is 2. The van der Waals surface area contributed by atoms with Crippen LogP contribution in [0, 0.1) is 0 Å². The van der Waals surface area contributed by atoms with E-state index in [0.717, 1.165) is 68.9 Å². The van der Waals surface area contributed by atoms with Crippen molar-refractivity contribution in [1.82, 2.24) is 23.7 Å². The van der Waals surface area contributed by atoms with Gasteiger partial charge < -0.3 is 29.9 Å². The Morgan fingerprint density at radius 1 is 0.638 bits per heavy atom. The summed E-state index contributed by atoms with van der Waals surface area (Å²) in [5.74, 6) is -1.02. The number of thiophene rings is 2. The number of rotatable bonds is 22. The van der Waals surface area contributed by atoms with Crippen LogP contribution in [0.25, 0.3) is 20.4 Å². The molecule has 5 heterocycles. The fourth-order valence-corrected chi connectivity index (χ4v) is 13.8. The first-order valence-corrected chi connectivity index (χ1v) is 28.8. The quantitative estimate of drug-likeness (QED) is 0.0239. The van der Waals surface area contributed by atoms with Crippen molar-refractivity contribution < 1.29 is 48.4 Å². The first kappa shape index (κ1) is 51.6. The number of aromatic nitrogens is 5. The van der Waals surface area contributed by atoms with Crippen molar-refractivity contribution in [3.8, 4) is 11.5 Å². The highest BCUT2D eigenvalue weighted by Gasteiger charge is 2.29. The third-order valence-electron chi connectivity index (χ3n) is 9.76. The molecule has 368 valence electrons. The average Bonchev–Trinajstić information content (AvgIpc) is 4.07. The Labute approximate surface area is 415 Å². The topological polar surface area (TPSA) is 326 Å². The first-order chi connectivity index (χ1) is 32.8. The highest BCUT2D eigenvalue weighted by Crippen LogP contribution is 2.49. The minimum Gasteiger partial charge on any atom is -0.494 e. The summed E-state index contributed by atoms with van der Waals surface area (Å²) in [7, 11) is -11.1. The van der Waals surface area contributed by atoms with Crippen LogP contribution in [0.4, 0.5) is 56.0 Å². The molecule has 2 aromatic carbocycles. The molecule has 0 aliphatic heterocycles. The van der Waals surface area contributed by atoms with E-state index in [-0.39, 0.29) is 76.1 Å². The molecule has 5 N–H and O–H groups in total. The van der Waals surface area contributed by atoms with Crippen molar-refractivity contribution in [1.29, 1.82) is 0 Å². The van der Waals surface area contributed by atoms with E-state index >= 15 is 0 Å². The van der Waals surface area contributed by atoms with Crippen LogP contribution in [-0.4, -0.2) is 115 Å². The lowest BCUT2D eigenvalue weighted by atomic mass is 10.2. The fourth-order valence-electron chi connectivity index (χ4n) is 6.59. The lowest BCUT2D eigenvalue weighted by molar-refractivity contribution is 0.406. The van der Waals surface area contributed by atoms with Crippen LogP contribution in [0.15, 0.2) is 70.4 Å². The number of hydrogen-bond acceptors (Lipinski definition) is 26. The van der Waals surface area contributed by atoms with Gasteiger partial charge in [-0.2, -0.15) is 49.0 Å². The number of anilines is 6. The maximum Gasteiger partial charge on any atom is 0.307 e. The minimum atomic E-state index is -4.64. The number of nitrogens with zero attached hydrogens (tertiary/aromatic N) is 11. The Morgan fingerprint density at radius 3 is 1.42 bits per heavy atom. The van der Waals surface area contributed by atoms with Crippen molar-refractivity contribution in [2.45, 2.75) is 41.3 Å². The summed E-state index contributed by atoms with van der Waals surface area (Å²) in [6.45, 7) is 10.6. The van der Waals surface area contributed by atoms with E-state index in [0.29, 0.717) is 37.6 Å². The lowest BCUT2D eigenvalue weighted by Crippen LogP contribution is -2.21. The Bertz CT molecular complexity index is 3220. The number of hydrogen-bond donors (Lipinski definition) is 5. The average molecular weight is 1100 g/mol. The van der Waals surface area contributed by atoms with Crippen LogP contribution in [0.2, 0.25) is 0 Å². The summed E-state index contributed by atoms with van der Waals surface area (Å²) in [5.41, 5.74) is 2.88. The standard InChI is InChI=1S/C37H41N13O11S8/c1-7-49(8-2)19-11-13-21(43-45-29-25-27(60-5)33(68(54,55)56)63-31(25)47-65-29)23(17-19)38-35-40-36(42-37(41-35)62-15-16-67(51,52)53)39-24-18-20(50(9-3)10-4)12-14-22(24)44-46-30-26-28(61-6)34(69(57,58)59)64-32(26)48-66-30/h11-14,17-18H,7-10,15-16H2,1-6H3,(H,51,52,53)(H,54,55,56)(H,57,58,59)(H2,38,39,40,41,42). The minimum absolute atomic E-state index is 0.0261. The molecule has 0 bridgehead atoms. The molecular formula is C37H41N13O11S8. The van der Waals surface area contributed by atoms with Gasteiger partial charge in [0.05, 0.1) is 42.1 Å². The van der Waals surface area contributed by atoms with Gasteiger partial charge in [0.25, 0.3) is 10.1 Å². The fraction of sp³-hybridized carbons (Fsp3) is 0.324. The summed E-state index contributed by atoms with van der Waals surface area (Å²) < 4.78 is 119. The maximum atomic E-state index is 12.1. The van der Waals surface area contributed by atoms with Gasteiger partial charge in [0.2, 0.25) is 11.9 Å². The van der Waals surface area contributed by atoms with E-state index < -0.39 is 44.5 Å². The smallest absolute Gasteiger partial charge is 0.307 e. The second-order valence-electron chi connectivity index (χ2n) is 13.9. The molecule has 0 saturated heterocycles. The Balaban J connectivity index is 1.31. The molecule has 7 aromatic rings. The second-order valence-corrected chi connectivity index (χ2v) is 23.3. The summed E-state index contributed by atoms with van der Waals surface area (Å²) in [5, 5.41) is 25.2. The highest BCUT2D eigenvalue weighted by atomic mass is 32.3. The molecule has 69 heavy (non-hydrogen) atoms. The van der Waals surface area contributed by atoms with Crippen molar-refractivity contribution in [3.63, 3.8) is 0 Å². The molecule has 0 fully saturated rings. The number of ether oxygens (including phenoxy) is 2. The van der Waals surface area contributed by atoms with Gasteiger partial charge in [-0.15, -0.1) is 20.5 Å². The number of nitrogens with one attached hydrogen (secondary N) is 2. The molecule has 7 rings (SSSR count). The van der Waals surface area contributed by atoms with Crippen LogP contribution in [-0.2, 0) is 30.4 Å². The second kappa shape index (κ2) is 21.4.